The van der Waals surface area contributed by atoms with Crippen LogP contribution in [0.1, 0.15) is 58.9 Å². The zero-order valence-corrected chi connectivity index (χ0v) is 17.1. The molecule has 0 saturated carbocycles. The topological polar surface area (TPSA) is 17.1 Å². The van der Waals surface area contributed by atoms with Crippen LogP contribution in [0.25, 0.3) is 0 Å². The first-order valence-electron chi connectivity index (χ1n) is 9.17. The van der Waals surface area contributed by atoms with Crippen molar-refractivity contribution < 1.29 is 4.79 Å². The first-order valence-corrected chi connectivity index (χ1v) is 9.97. The Kier molecular flexibility index (Phi) is 3.95. The molecule has 0 unspecified atom stereocenters. The van der Waals surface area contributed by atoms with Gasteiger partial charge in [0.15, 0.2) is 5.78 Å². The summed E-state index contributed by atoms with van der Waals surface area (Å²) < 4.78 is 1.09. The predicted molar refractivity (Wildman–Crippen MR) is 107 cm³/mol. The van der Waals surface area contributed by atoms with Crippen molar-refractivity contribution in [1.29, 1.82) is 0 Å². The lowest BCUT2D eigenvalue weighted by Crippen LogP contribution is -2.39. The minimum Gasteiger partial charge on any atom is -0.294 e. The summed E-state index contributed by atoms with van der Waals surface area (Å²) in [5.74, 6) is 0.498. The van der Waals surface area contributed by atoms with Crippen molar-refractivity contribution in [3.05, 3.63) is 67.7 Å². The molecule has 130 valence electrons. The summed E-state index contributed by atoms with van der Waals surface area (Å²) in [5.41, 5.74) is 9.44. The molecular formula is C23H25BrO. The normalized spacial score (nSPS) is 29.3. The number of carbonyl (C=O) groups is 1. The number of allylic oxidation sites excluding steroid dienone is 6. The summed E-state index contributed by atoms with van der Waals surface area (Å²) in [6, 6.07) is 8.71. The lowest BCUT2D eigenvalue weighted by atomic mass is 9.59. The quantitative estimate of drug-likeness (QED) is 0.498. The van der Waals surface area contributed by atoms with Crippen LogP contribution in [0, 0.1) is 5.92 Å². The lowest BCUT2D eigenvalue weighted by Gasteiger charge is -2.43. The zero-order chi connectivity index (χ0) is 17.9. The first kappa shape index (κ1) is 17.0. The van der Waals surface area contributed by atoms with Gasteiger partial charge in [-0.3, -0.25) is 4.79 Å². The Balaban J connectivity index is 1.94. The van der Waals surface area contributed by atoms with Crippen LogP contribution in [-0.4, -0.2) is 5.78 Å². The van der Waals surface area contributed by atoms with Crippen molar-refractivity contribution in [1.82, 2.24) is 0 Å². The molecule has 4 rings (SSSR count). The van der Waals surface area contributed by atoms with E-state index in [0.29, 0.717) is 5.78 Å². The van der Waals surface area contributed by atoms with Gasteiger partial charge in [0.25, 0.3) is 0 Å². The molecule has 0 amide bonds. The van der Waals surface area contributed by atoms with E-state index in [1.807, 2.05) is 0 Å². The molecule has 1 aromatic rings. The Morgan fingerprint density at radius 2 is 1.56 bits per heavy atom. The van der Waals surface area contributed by atoms with E-state index in [1.165, 1.54) is 33.4 Å². The summed E-state index contributed by atoms with van der Waals surface area (Å²) in [6.07, 6.45) is 3.71. The highest BCUT2D eigenvalue weighted by molar-refractivity contribution is 9.10. The van der Waals surface area contributed by atoms with Crippen molar-refractivity contribution in [3.63, 3.8) is 0 Å². The van der Waals surface area contributed by atoms with Crippen molar-refractivity contribution in [2.75, 3.05) is 0 Å². The van der Waals surface area contributed by atoms with Gasteiger partial charge in [-0.25, -0.2) is 0 Å². The molecule has 1 aromatic carbocycles. The van der Waals surface area contributed by atoms with E-state index in [0.717, 1.165) is 35.7 Å². The van der Waals surface area contributed by atoms with Gasteiger partial charge in [0.05, 0.1) is 0 Å². The Bertz CT molecular complexity index is 866. The summed E-state index contributed by atoms with van der Waals surface area (Å²) in [5, 5.41) is 0. The van der Waals surface area contributed by atoms with E-state index >= 15 is 0 Å². The predicted octanol–water partition coefficient (Wildman–Crippen LogP) is 6.44. The average molecular weight is 397 g/mol. The third-order valence-corrected chi connectivity index (χ3v) is 7.39. The maximum absolute atomic E-state index is 13.4. The van der Waals surface area contributed by atoms with Crippen molar-refractivity contribution in [2.45, 2.75) is 58.8 Å². The minimum absolute atomic E-state index is 0.0843. The Morgan fingerprint density at radius 3 is 2.24 bits per heavy atom. The Morgan fingerprint density at radius 1 is 0.920 bits per heavy atom. The van der Waals surface area contributed by atoms with E-state index in [9.17, 15) is 4.79 Å². The molecule has 25 heavy (non-hydrogen) atoms. The molecule has 3 aliphatic carbocycles. The third kappa shape index (κ3) is 2.37. The molecule has 0 N–H and O–H groups in total. The molecule has 0 aromatic heterocycles. The summed E-state index contributed by atoms with van der Waals surface area (Å²) >= 11 is 3.56. The minimum atomic E-state index is -0.126. The number of ketones is 1. The second-order valence-electron chi connectivity index (χ2n) is 8.21. The molecule has 0 spiro atoms. The summed E-state index contributed by atoms with van der Waals surface area (Å²) in [4.78, 5) is 13.4. The van der Waals surface area contributed by atoms with Crippen LogP contribution in [0.2, 0.25) is 0 Å². The monoisotopic (exact) mass is 396 g/mol. The molecule has 0 heterocycles. The van der Waals surface area contributed by atoms with Crippen molar-refractivity contribution >= 4 is 21.7 Å². The van der Waals surface area contributed by atoms with E-state index in [4.69, 9.17) is 0 Å². The van der Waals surface area contributed by atoms with Gasteiger partial charge in [-0.1, -0.05) is 50.4 Å². The van der Waals surface area contributed by atoms with E-state index in [2.05, 4.69) is 67.9 Å². The second-order valence-corrected chi connectivity index (χ2v) is 9.12. The highest BCUT2D eigenvalue weighted by Gasteiger charge is 2.56. The average Bonchev–Trinajstić information content (AvgIpc) is 2.79. The number of rotatable bonds is 1. The maximum Gasteiger partial charge on any atom is 0.163 e. The van der Waals surface area contributed by atoms with Crippen molar-refractivity contribution in [2.24, 2.45) is 5.92 Å². The van der Waals surface area contributed by atoms with Crippen LogP contribution in [0.4, 0.5) is 0 Å². The van der Waals surface area contributed by atoms with Gasteiger partial charge in [0.2, 0.25) is 0 Å². The van der Waals surface area contributed by atoms with E-state index in [1.54, 1.807) is 0 Å². The van der Waals surface area contributed by atoms with E-state index in [-0.39, 0.29) is 11.3 Å². The smallest absolute Gasteiger partial charge is 0.163 e. The highest BCUT2D eigenvalue weighted by atomic mass is 79.9. The molecule has 0 fully saturated rings. The number of hydrogen-bond donors (Lipinski definition) is 0. The van der Waals surface area contributed by atoms with E-state index < -0.39 is 0 Å². The van der Waals surface area contributed by atoms with Gasteiger partial charge in [0, 0.05) is 15.8 Å². The number of hydrogen-bond acceptors (Lipinski definition) is 1. The van der Waals surface area contributed by atoms with Crippen LogP contribution in [0.5, 0.6) is 0 Å². The molecular weight excluding hydrogens is 372 g/mol. The number of halogens is 1. The molecule has 2 heteroatoms. The van der Waals surface area contributed by atoms with Gasteiger partial charge in [-0.05, 0) is 82.2 Å². The Labute approximate surface area is 159 Å². The molecule has 2 atom stereocenters. The standard InChI is InChI=1S/C23H25BrO/c1-13-9-19-20(10-14(13)2)23(17-5-7-18(24)8-6-17)12-16(4)15(3)11-21(23)22(19)25/h5-8,21H,9-12H2,1-4H3/t21-,23-/m0/s1. The second kappa shape index (κ2) is 5.81. The number of fused-ring (bicyclic) bond motifs is 2. The van der Waals surface area contributed by atoms with Gasteiger partial charge in [-0.2, -0.15) is 0 Å². The number of benzene rings is 1. The molecule has 0 bridgehead atoms. The molecule has 3 aliphatic rings. The zero-order valence-electron chi connectivity index (χ0n) is 15.5. The van der Waals surface area contributed by atoms with Crippen LogP contribution in [-0.2, 0) is 10.2 Å². The summed E-state index contributed by atoms with van der Waals surface area (Å²) in [7, 11) is 0. The van der Waals surface area contributed by atoms with Crippen LogP contribution < -0.4 is 0 Å². The fourth-order valence-electron chi connectivity index (χ4n) is 5.12. The Hall–Kier alpha value is -1.41. The van der Waals surface area contributed by atoms with Gasteiger partial charge in [-0.15, -0.1) is 0 Å². The van der Waals surface area contributed by atoms with Gasteiger partial charge in [0.1, 0.15) is 0 Å². The van der Waals surface area contributed by atoms with Crippen LogP contribution in [0.3, 0.4) is 0 Å². The number of Topliss-reactive ketones (excluding diaryl/α,β-unsaturated/α-hetero) is 1. The fourth-order valence-corrected chi connectivity index (χ4v) is 5.39. The molecule has 0 radical (unpaired) electrons. The first-order chi connectivity index (χ1) is 11.8. The van der Waals surface area contributed by atoms with Crippen LogP contribution in [0.15, 0.2) is 62.2 Å². The lowest BCUT2D eigenvalue weighted by molar-refractivity contribution is -0.119. The fraction of sp³-hybridized carbons (Fsp3) is 0.435. The van der Waals surface area contributed by atoms with Gasteiger partial charge < -0.3 is 0 Å². The summed E-state index contributed by atoms with van der Waals surface area (Å²) in [6.45, 7) is 8.89. The largest absolute Gasteiger partial charge is 0.294 e. The van der Waals surface area contributed by atoms with Crippen molar-refractivity contribution in [3.8, 4) is 0 Å². The SMILES string of the molecule is CC1=C(C)CC2=C(C1)C(=O)[C@@H]1CC(C)=C(C)C[C@]21c1ccc(Br)cc1. The van der Waals surface area contributed by atoms with Gasteiger partial charge >= 0.3 is 0 Å². The molecule has 1 nitrogen and oxygen atoms in total. The molecule has 0 saturated heterocycles. The highest BCUT2D eigenvalue weighted by Crippen LogP contribution is 2.59. The molecule has 0 aliphatic heterocycles. The number of carbonyl (C=O) groups excluding carboxylic acids is 1. The third-order valence-electron chi connectivity index (χ3n) is 6.87. The van der Waals surface area contributed by atoms with Crippen LogP contribution >= 0.6 is 15.9 Å². The maximum atomic E-state index is 13.4.